The van der Waals surface area contributed by atoms with Gasteiger partial charge in [0.1, 0.15) is 11.5 Å². The molecule has 0 N–H and O–H groups in total. The minimum Gasteiger partial charge on any atom is -0.497 e. The fourth-order valence-corrected chi connectivity index (χ4v) is 3.27. The van der Waals surface area contributed by atoms with E-state index in [0.717, 1.165) is 49.4 Å². The first-order valence-electron chi connectivity index (χ1n) is 9.18. The Kier molecular flexibility index (Phi) is 6.47. The highest BCUT2D eigenvalue weighted by Crippen LogP contribution is 2.21. The number of aryl methyl sites for hydroxylation is 1. The maximum absolute atomic E-state index is 12.5. The summed E-state index contributed by atoms with van der Waals surface area (Å²) in [7, 11) is 1.65. The Morgan fingerprint density at radius 2 is 2.04 bits per heavy atom. The molecular formula is C21H26N2O3. The number of carbonyl (C=O) groups excluding carboxylic acids is 1. The van der Waals surface area contributed by atoms with Gasteiger partial charge in [-0.25, -0.2) is 0 Å². The van der Waals surface area contributed by atoms with Crippen molar-refractivity contribution >= 4 is 5.91 Å². The second kappa shape index (κ2) is 9.22. The molecule has 138 valence electrons. The molecule has 1 saturated heterocycles. The van der Waals surface area contributed by atoms with Gasteiger partial charge in [-0.1, -0.05) is 6.07 Å². The number of pyridine rings is 1. The number of rotatable bonds is 7. The number of methoxy groups -OCH3 is 1. The Morgan fingerprint density at radius 1 is 1.23 bits per heavy atom. The molecule has 1 fully saturated rings. The van der Waals surface area contributed by atoms with Gasteiger partial charge in [0.25, 0.3) is 0 Å². The number of nitrogens with zero attached hydrogens (tertiary/aromatic N) is 2. The number of likely N-dealkylation sites (tertiary alicyclic amines) is 1. The molecule has 5 heteroatoms. The summed E-state index contributed by atoms with van der Waals surface area (Å²) in [4.78, 5) is 18.6. The van der Waals surface area contributed by atoms with E-state index in [1.54, 1.807) is 13.3 Å². The lowest BCUT2D eigenvalue weighted by atomic mass is 9.98. The molecule has 0 saturated carbocycles. The van der Waals surface area contributed by atoms with Crippen molar-refractivity contribution in [2.75, 3.05) is 26.8 Å². The molecule has 1 atom stereocenters. The van der Waals surface area contributed by atoms with Crippen LogP contribution in [0.25, 0.3) is 0 Å². The predicted octanol–water partition coefficient (Wildman–Crippen LogP) is 3.34. The molecule has 1 aliphatic rings. The van der Waals surface area contributed by atoms with E-state index in [-0.39, 0.29) is 5.91 Å². The third-order valence-corrected chi connectivity index (χ3v) is 4.77. The van der Waals surface area contributed by atoms with Gasteiger partial charge in [0.05, 0.1) is 13.7 Å². The van der Waals surface area contributed by atoms with E-state index in [2.05, 4.69) is 4.98 Å². The van der Waals surface area contributed by atoms with Crippen LogP contribution in [0.3, 0.4) is 0 Å². The molecule has 0 radical (unpaired) electrons. The topological polar surface area (TPSA) is 51.7 Å². The third kappa shape index (κ3) is 5.22. The van der Waals surface area contributed by atoms with E-state index in [1.165, 1.54) is 0 Å². The maximum atomic E-state index is 12.5. The molecular weight excluding hydrogens is 328 g/mol. The van der Waals surface area contributed by atoms with E-state index in [4.69, 9.17) is 9.47 Å². The van der Waals surface area contributed by atoms with Crippen molar-refractivity contribution in [3.05, 3.63) is 54.4 Å². The van der Waals surface area contributed by atoms with Gasteiger partial charge in [-0.3, -0.25) is 9.78 Å². The SMILES string of the molecule is COc1ccc(OC[C@H]2CCCN(C(=O)CCc3cccnc3)C2)cc1. The molecule has 1 aromatic carbocycles. The van der Waals surface area contributed by atoms with Crippen LogP contribution in [0.15, 0.2) is 48.8 Å². The van der Waals surface area contributed by atoms with Crippen LogP contribution in [-0.2, 0) is 11.2 Å². The molecule has 1 aliphatic heterocycles. The first kappa shape index (κ1) is 18.2. The van der Waals surface area contributed by atoms with E-state index >= 15 is 0 Å². The zero-order chi connectivity index (χ0) is 18.2. The zero-order valence-electron chi connectivity index (χ0n) is 15.3. The molecule has 5 nitrogen and oxygen atoms in total. The summed E-state index contributed by atoms with van der Waals surface area (Å²) in [6.45, 7) is 2.27. The lowest BCUT2D eigenvalue weighted by Crippen LogP contribution is -2.41. The van der Waals surface area contributed by atoms with Crippen molar-refractivity contribution in [1.29, 1.82) is 0 Å². The fourth-order valence-electron chi connectivity index (χ4n) is 3.27. The van der Waals surface area contributed by atoms with Crippen LogP contribution >= 0.6 is 0 Å². The smallest absolute Gasteiger partial charge is 0.222 e. The van der Waals surface area contributed by atoms with Crippen LogP contribution in [0.4, 0.5) is 0 Å². The van der Waals surface area contributed by atoms with Crippen molar-refractivity contribution in [3.8, 4) is 11.5 Å². The molecule has 0 unspecified atom stereocenters. The van der Waals surface area contributed by atoms with Gasteiger partial charge in [-0.2, -0.15) is 0 Å². The second-order valence-corrected chi connectivity index (χ2v) is 6.70. The number of piperidine rings is 1. The summed E-state index contributed by atoms with van der Waals surface area (Å²) in [5, 5.41) is 0. The Bertz CT molecular complexity index is 688. The number of hydrogen-bond donors (Lipinski definition) is 0. The van der Waals surface area contributed by atoms with Crippen LogP contribution in [-0.4, -0.2) is 42.6 Å². The molecule has 2 aromatic rings. The van der Waals surface area contributed by atoms with E-state index < -0.39 is 0 Å². The number of amides is 1. The quantitative estimate of drug-likeness (QED) is 0.765. The molecule has 26 heavy (non-hydrogen) atoms. The highest BCUT2D eigenvalue weighted by atomic mass is 16.5. The molecule has 1 amide bonds. The fraction of sp³-hybridized carbons (Fsp3) is 0.429. The largest absolute Gasteiger partial charge is 0.497 e. The summed E-state index contributed by atoms with van der Waals surface area (Å²) >= 11 is 0. The number of carbonyl (C=O) groups is 1. The maximum Gasteiger partial charge on any atom is 0.222 e. The lowest BCUT2D eigenvalue weighted by molar-refractivity contribution is -0.133. The standard InChI is InChI=1S/C21H26N2O3/c1-25-19-7-9-20(10-8-19)26-16-18-5-3-13-23(15-18)21(24)11-6-17-4-2-12-22-14-17/h2,4,7-10,12,14,18H,3,5-6,11,13,15-16H2,1H3/t18-/m0/s1. The van der Waals surface area contributed by atoms with Gasteiger partial charge in [0.15, 0.2) is 0 Å². The molecule has 3 rings (SSSR count). The van der Waals surface area contributed by atoms with Crippen molar-refractivity contribution in [2.24, 2.45) is 5.92 Å². The highest BCUT2D eigenvalue weighted by Gasteiger charge is 2.23. The average Bonchev–Trinajstić information content (AvgIpc) is 2.72. The Morgan fingerprint density at radius 3 is 2.77 bits per heavy atom. The zero-order valence-corrected chi connectivity index (χ0v) is 15.3. The third-order valence-electron chi connectivity index (χ3n) is 4.77. The van der Waals surface area contributed by atoms with Gasteiger partial charge < -0.3 is 14.4 Å². The van der Waals surface area contributed by atoms with Gasteiger partial charge in [0, 0.05) is 37.8 Å². The number of ether oxygens (including phenoxy) is 2. The van der Waals surface area contributed by atoms with Crippen molar-refractivity contribution < 1.29 is 14.3 Å². The number of hydrogen-bond acceptors (Lipinski definition) is 4. The molecule has 0 spiro atoms. The van der Waals surface area contributed by atoms with Gasteiger partial charge in [-0.15, -0.1) is 0 Å². The number of aromatic nitrogens is 1. The van der Waals surface area contributed by atoms with Crippen LogP contribution in [0, 0.1) is 5.92 Å². The molecule has 0 bridgehead atoms. The minimum absolute atomic E-state index is 0.225. The normalized spacial score (nSPS) is 17.0. The summed E-state index contributed by atoms with van der Waals surface area (Å²) in [6, 6.07) is 11.5. The van der Waals surface area contributed by atoms with Gasteiger partial charge in [0.2, 0.25) is 5.91 Å². The van der Waals surface area contributed by atoms with Crippen molar-refractivity contribution in [1.82, 2.24) is 9.88 Å². The summed E-state index contributed by atoms with van der Waals surface area (Å²) in [5.74, 6) is 2.27. The first-order chi connectivity index (χ1) is 12.7. The van der Waals surface area contributed by atoms with E-state index in [9.17, 15) is 4.79 Å². The average molecular weight is 354 g/mol. The van der Waals surface area contributed by atoms with E-state index in [1.807, 2.05) is 47.5 Å². The monoisotopic (exact) mass is 354 g/mol. The Labute approximate surface area is 155 Å². The summed E-state index contributed by atoms with van der Waals surface area (Å²) in [6.07, 6.45) is 7.00. The highest BCUT2D eigenvalue weighted by molar-refractivity contribution is 5.76. The summed E-state index contributed by atoms with van der Waals surface area (Å²) in [5.41, 5.74) is 1.11. The van der Waals surface area contributed by atoms with Crippen LogP contribution in [0.5, 0.6) is 11.5 Å². The summed E-state index contributed by atoms with van der Waals surface area (Å²) < 4.78 is 11.1. The molecule has 0 aliphatic carbocycles. The van der Waals surface area contributed by atoms with Crippen molar-refractivity contribution in [3.63, 3.8) is 0 Å². The molecule has 1 aromatic heterocycles. The first-order valence-corrected chi connectivity index (χ1v) is 9.18. The minimum atomic E-state index is 0.225. The van der Waals surface area contributed by atoms with Crippen LogP contribution < -0.4 is 9.47 Å². The van der Waals surface area contributed by atoms with Crippen LogP contribution in [0.2, 0.25) is 0 Å². The Hall–Kier alpha value is -2.56. The Balaban J connectivity index is 1.44. The van der Waals surface area contributed by atoms with Gasteiger partial charge >= 0.3 is 0 Å². The van der Waals surface area contributed by atoms with Crippen LogP contribution in [0.1, 0.15) is 24.8 Å². The second-order valence-electron chi connectivity index (χ2n) is 6.70. The van der Waals surface area contributed by atoms with E-state index in [0.29, 0.717) is 18.9 Å². The molecule has 2 heterocycles. The van der Waals surface area contributed by atoms with Crippen molar-refractivity contribution in [2.45, 2.75) is 25.7 Å². The van der Waals surface area contributed by atoms with Gasteiger partial charge in [-0.05, 0) is 55.2 Å². The number of benzene rings is 1. The lowest BCUT2D eigenvalue weighted by Gasteiger charge is -2.32. The predicted molar refractivity (Wildman–Crippen MR) is 100 cm³/mol.